The number of carbonyl (C=O) groups excluding carboxylic acids is 2. The number of hydrogen-bond donors (Lipinski definition) is 0. The van der Waals surface area contributed by atoms with Crippen LogP contribution in [0.5, 0.6) is 0 Å². The molecule has 5 nitrogen and oxygen atoms in total. The summed E-state index contributed by atoms with van der Waals surface area (Å²) in [5.74, 6) is 3.20. The molecular formula is C52H46Cl2F2N2O3. The Morgan fingerprint density at radius 1 is 0.672 bits per heavy atom. The van der Waals surface area contributed by atoms with E-state index in [1.54, 1.807) is 30.5 Å². The molecule has 0 unspecified atom stereocenters. The van der Waals surface area contributed by atoms with Crippen molar-refractivity contribution >= 4 is 62.1 Å². The summed E-state index contributed by atoms with van der Waals surface area (Å²) < 4.78 is 34.0. The Hall–Kier alpha value is -4.82. The van der Waals surface area contributed by atoms with E-state index in [1.165, 1.54) is 17.7 Å². The fourth-order valence-corrected chi connectivity index (χ4v) is 11.8. The second-order valence-corrected chi connectivity index (χ2v) is 19.1. The lowest BCUT2D eigenvalue weighted by atomic mass is 9.88. The number of ether oxygens (including phenoxy) is 1. The number of Topliss-reactive ketones (excluding diaryl/α,β-unsaturated/α-hetero) is 2. The maximum atomic E-state index is 13.9. The first-order chi connectivity index (χ1) is 29.6. The van der Waals surface area contributed by atoms with Crippen LogP contribution in [-0.2, 0) is 32.8 Å². The molecule has 0 radical (unpaired) electrons. The summed E-state index contributed by atoms with van der Waals surface area (Å²) in [6.45, 7) is 0. The Balaban J connectivity index is 0.000000146. The number of hydrogen-bond acceptors (Lipinski definition) is 5. The van der Waals surface area contributed by atoms with Crippen molar-refractivity contribution in [2.45, 2.75) is 75.9 Å². The van der Waals surface area contributed by atoms with E-state index >= 15 is 0 Å². The van der Waals surface area contributed by atoms with Crippen molar-refractivity contribution in [3.8, 4) is 0 Å². The maximum Gasteiger partial charge on any atom is 0.137 e. The number of rotatable bonds is 10. The summed E-state index contributed by atoms with van der Waals surface area (Å²) in [6.07, 6.45) is 14.7. The van der Waals surface area contributed by atoms with Gasteiger partial charge in [0.25, 0.3) is 0 Å². The minimum Gasteiger partial charge on any atom is -0.361 e. The normalized spacial score (nSPS) is 27.0. The minimum absolute atomic E-state index is 0.183. The van der Waals surface area contributed by atoms with Crippen LogP contribution in [0.3, 0.4) is 0 Å². The zero-order valence-corrected chi connectivity index (χ0v) is 35.2. The zero-order valence-electron chi connectivity index (χ0n) is 33.7. The Bertz CT molecular complexity index is 2690. The van der Waals surface area contributed by atoms with Gasteiger partial charge in [-0.3, -0.25) is 19.6 Å². The van der Waals surface area contributed by atoms with Crippen molar-refractivity contribution in [2.75, 3.05) is 0 Å². The van der Waals surface area contributed by atoms with Gasteiger partial charge in [0.2, 0.25) is 0 Å². The Labute approximate surface area is 364 Å². The molecule has 8 atom stereocenters. The topological polar surface area (TPSA) is 72.5 Å². The van der Waals surface area contributed by atoms with Crippen molar-refractivity contribution in [3.63, 3.8) is 0 Å². The van der Waals surface area contributed by atoms with Gasteiger partial charge in [0.1, 0.15) is 28.8 Å². The van der Waals surface area contributed by atoms with Crippen molar-refractivity contribution in [1.82, 2.24) is 9.97 Å². The van der Waals surface area contributed by atoms with Crippen LogP contribution >= 0.6 is 23.2 Å². The van der Waals surface area contributed by atoms with Crippen LogP contribution < -0.4 is 0 Å². The molecule has 0 spiro atoms. The van der Waals surface area contributed by atoms with E-state index in [1.807, 2.05) is 66.9 Å². The molecule has 0 amide bonds. The van der Waals surface area contributed by atoms with Gasteiger partial charge in [0, 0.05) is 58.9 Å². The Morgan fingerprint density at radius 3 is 1.87 bits per heavy atom. The van der Waals surface area contributed by atoms with Crippen LogP contribution in [0.1, 0.15) is 73.6 Å². The van der Waals surface area contributed by atoms with E-state index in [2.05, 4.69) is 16.0 Å². The van der Waals surface area contributed by atoms with E-state index in [0.29, 0.717) is 82.8 Å². The van der Waals surface area contributed by atoms with Crippen molar-refractivity contribution in [1.29, 1.82) is 0 Å². The van der Waals surface area contributed by atoms with E-state index in [9.17, 15) is 18.4 Å². The van der Waals surface area contributed by atoms with E-state index in [-0.39, 0.29) is 23.3 Å². The molecule has 1 aliphatic heterocycles. The predicted octanol–water partition coefficient (Wildman–Crippen LogP) is 12.5. The molecule has 1 saturated heterocycles. The quantitative estimate of drug-likeness (QED) is 0.128. The van der Waals surface area contributed by atoms with Gasteiger partial charge in [-0.2, -0.15) is 0 Å². The molecule has 6 aromatic rings. The van der Waals surface area contributed by atoms with Gasteiger partial charge < -0.3 is 4.74 Å². The second-order valence-electron chi connectivity index (χ2n) is 18.2. The minimum atomic E-state index is -0.289. The fraction of sp³-hybridized carbons (Fsp3) is 0.346. The SMILES string of the molecule is O=C(Cc1ccc(Cl)cc1)C[C@@H]1C[C@@H]2CC(c3ccnc4ccc(F)cc34)=C[C@@H]2C1.O=C(Cc1ccc(Cl)cc1)C[C@@H]1C[C@@H]2C[C@@]3(c4ccnc5ccc(F)cc45)O[C@H]3[C@@H]2C1. The number of benzene rings is 4. The van der Waals surface area contributed by atoms with Gasteiger partial charge >= 0.3 is 0 Å². The zero-order chi connectivity index (χ0) is 41.8. The third-order valence-electron chi connectivity index (χ3n) is 14.2. The first kappa shape index (κ1) is 40.3. The molecule has 4 aliphatic carbocycles. The lowest BCUT2D eigenvalue weighted by Gasteiger charge is -2.16. The lowest BCUT2D eigenvalue weighted by Crippen LogP contribution is -2.14. The first-order valence-corrected chi connectivity index (χ1v) is 22.3. The van der Waals surface area contributed by atoms with Crippen LogP contribution in [0.25, 0.3) is 27.4 Å². The van der Waals surface area contributed by atoms with Gasteiger partial charge in [-0.15, -0.1) is 0 Å². The first-order valence-electron chi connectivity index (χ1n) is 21.6. The molecule has 4 fully saturated rings. The number of fused-ring (bicyclic) bond motifs is 6. The number of pyridine rings is 2. The summed E-state index contributed by atoms with van der Waals surface area (Å²) in [5, 5.41) is 3.14. The number of allylic oxidation sites excluding steroid dienone is 2. The summed E-state index contributed by atoms with van der Waals surface area (Å²) in [7, 11) is 0. The van der Waals surface area contributed by atoms with Crippen LogP contribution in [0.15, 0.2) is 116 Å². The van der Waals surface area contributed by atoms with E-state index < -0.39 is 0 Å². The standard InChI is InChI=1S/C26H23ClFNO2.C26H23ClFNO/c27-18-3-1-15(2-4-18)10-20(30)11-16-9-17-14-26(25(31-26)21(17)12-16)23-7-8-29-24-6-5-19(28)13-22(23)24;27-21-3-1-16(2-4-21)11-23(30)12-17-9-18-13-20(14-19(18)10-17)24-7-8-29-26-6-5-22(28)15-25(24)26/h1-8,13,16-17,21,25H,9-12,14H2;1-8,13,15,17-19H,9-12,14H2/t16-,17+,21+,25-,26-;17-,18-,19+/m00/s1. The highest BCUT2D eigenvalue weighted by atomic mass is 35.5. The van der Waals surface area contributed by atoms with Crippen LogP contribution in [-0.4, -0.2) is 27.6 Å². The number of aromatic nitrogens is 2. The van der Waals surface area contributed by atoms with Gasteiger partial charge in [-0.25, -0.2) is 8.78 Å². The van der Waals surface area contributed by atoms with E-state index in [0.717, 1.165) is 82.6 Å². The third-order valence-corrected chi connectivity index (χ3v) is 14.7. The molecule has 5 aliphatic rings. The fourth-order valence-electron chi connectivity index (χ4n) is 11.6. The number of nitrogens with zero attached hydrogens (tertiary/aromatic N) is 2. The monoisotopic (exact) mass is 854 g/mol. The maximum absolute atomic E-state index is 13.9. The lowest BCUT2D eigenvalue weighted by molar-refractivity contribution is -0.120. The molecule has 0 bridgehead atoms. The van der Waals surface area contributed by atoms with Crippen molar-refractivity contribution in [2.24, 2.45) is 35.5 Å². The third kappa shape index (κ3) is 8.29. The molecule has 310 valence electrons. The van der Waals surface area contributed by atoms with Gasteiger partial charge in [0.15, 0.2) is 0 Å². The molecule has 3 heterocycles. The van der Waals surface area contributed by atoms with Crippen molar-refractivity contribution < 1.29 is 23.1 Å². The van der Waals surface area contributed by atoms with Crippen LogP contribution in [0.4, 0.5) is 8.78 Å². The number of ketones is 2. The summed E-state index contributed by atoms with van der Waals surface area (Å²) >= 11 is 11.9. The molecule has 0 N–H and O–H groups in total. The molecule has 2 aromatic heterocycles. The van der Waals surface area contributed by atoms with E-state index in [4.69, 9.17) is 27.9 Å². The Morgan fingerprint density at radius 2 is 1.25 bits per heavy atom. The molecular weight excluding hydrogens is 809 g/mol. The number of carbonyl (C=O) groups is 2. The summed E-state index contributed by atoms with van der Waals surface area (Å²) in [6, 6.07) is 28.6. The average Bonchev–Trinajstić information content (AvgIpc) is 3.54. The second kappa shape index (κ2) is 16.5. The predicted molar refractivity (Wildman–Crippen MR) is 236 cm³/mol. The summed E-state index contributed by atoms with van der Waals surface area (Å²) in [4.78, 5) is 33.9. The number of halogens is 4. The summed E-state index contributed by atoms with van der Waals surface area (Å²) in [5.41, 5.74) is 6.88. The van der Waals surface area contributed by atoms with Crippen LogP contribution in [0, 0.1) is 47.1 Å². The highest BCUT2D eigenvalue weighted by Crippen LogP contribution is 2.67. The largest absolute Gasteiger partial charge is 0.361 e. The van der Waals surface area contributed by atoms with Gasteiger partial charge in [-0.1, -0.05) is 53.5 Å². The Kier molecular flexibility index (Phi) is 10.9. The van der Waals surface area contributed by atoms with Crippen LogP contribution in [0.2, 0.25) is 10.0 Å². The molecule has 11 rings (SSSR count). The van der Waals surface area contributed by atoms with Gasteiger partial charge in [-0.05, 0) is 175 Å². The average molecular weight is 856 g/mol. The van der Waals surface area contributed by atoms with Gasteiger partial charge in [0.05, 0.1) is 17.1 Å². The highest BCUT2D eigenvalue weighted by molar-refractivity contribution is 6.30. The molecule has 61 heavy (non-hydrogen) atoms. The molecule has 3 saturated carbocycles. The molecule has 4 aromatic carbocycles. The van der Waals surface area contributed by atoms with Crippen molar-refractivity contribution in [3.05, 3.63) is 159 Å². The smallest absolute Gasteiger partial charge is 0.137 e. The highest BCUT2D eigenvalue weighted by Gasteiger charge is 2.70. The molecule has 9 heteroatoms. The number of epoxide rings is 1.